The summed E-state index contributed by atoms with van der Waals surface area (Å²) >= 11 is 8.19. The maximum absolute atomic E-state index is 12.4. The molecule has 1 aromatic carbocycles. The van der Waals surface area contributed by atoms with Gasteiger partial charge < -0.3 is 15.0 Å². The lowest BCUT2D eigenvalue weighted by atomic mass is 10.1. The van der Waals surface area contributed by atoms with Gasteiger partial charge in [0.1, 0.15) is 5.75 Å². The summed E-state index contributed by atoms with van der Waals surface area (Å²) in [6.07, 6.45) is 1.14. The van der Waals surface area contributed by atoms with Crippen LogP contribution in [0.25, 0.3) is 0 Å². The van der Waals surface area contributed by atoms with Crippen molar-refractivity contribution in [3.8, 4) is 5.75 Å². The van der Waals surface area contributed by atoms with Crippen LogP contribution >= 0.6 is 34.2 Å². The number of rotatable bonds is 7. The zero-order chi connectivity index (χ0) is 19.3. The predicted octanol–water partition coefficient (Wildman–Crippen LogP) is 2.42. The molecular formula is C16H21ClIN3O4S. The third-order valence-corrected chi connectivity index (χ3v) is 6.70. The van der Waals surface area contributed by atoms with E-state index in [-0.39, 0.29) is 18.5 Å². The molecule has 1 aromatic rings. The molecule has 144 valence electrons. The second kappa shape index (κ2) is 9.25. The SMILES string of the molecule is C=CS(=O)(=O)NC1CCN(C(=O)CNc2cc(I)c(Cl)cc2OC)CC1. The lowest BCUT2D eigenvalue weighted by Gasteiger charge is -2.32. The van der Waals surface area contributed by atoms with E-state index in [1.54, 1.807) is 18.1 Å². The third-order valence-electron chi connectivity index (χ3n) is 4.07. The van der Waals surface area contributed by atoms with E-state index >= 15 is 0 Å². The van der Waals surface area contributed by atoms with Crippen LogP contribution in [0.4, 0.5) is 5.69 Å². The molecule has 0 spiro atoms. The molecule has 2 rings (SSSR count). The highest BCUT2D eigenvalue weighted by atomic mass is 127. The Labute approximate surface area is 172 Å². The van der Waals surface area contributed by atoms with Gasteiger partial charge in [0.15, 0.2) is 0 Å². The van der Waals surface area contributed by atoms with Gasteiger partial charge in [0.05, 0.1) is 24.4 Å². The highest BCUT2D eigenvalue weighted by molar-refractivity contribution is 14.1. The number of carbonyl (C=O) groups is 1. The molecule has 0 aromatic heterocycles. The number of halogens is 2. The van der Waals surface area contributed by atoms with Crippen LogP contribution in [-0.2, 0) is 14.8 Å². The molecule has 0 radical (unpaired) electrons. The smallest absolute Gasteiger partial charge is 0.241 e. The number of likely N-dealkylation sites (tertiary alicyclic amines) is 1. The van der Waals surface area contributed by atoms with Crippen LogP contribution in [0.3, 0.4) is 0 Å². The van der Waals surface area contributed by atoms with Crippen LogP contribution in [-0.4, -0.2) is 52.0 Å². The summed E-state index contributed by atoms with van der Waals surface area (Å²) in [7, 11) is -1.90. The summed E-state index contributed by atoms with van der Waals surface area (Å²) in [5, 5.41) is 4.57. The monoisotopic (exact) mass is 513 g/mol. The number of nitrogens with one attached hydrogen (secondary N) is 2. The molecule has 10 heteroatoms. The van der Waals surface area contributed by atoms with Crippen LogP contribution in [0.5, 0.6) is 5.75 Å². The number of anilines is 1. The Morgan fingerprint density at radius 2 is 2.12 bits per heavy atom. The van der Waals surface area contributed by atoms with E-state index in [4.69, 9.17) is 16.3 Å². The number of methoxy groups -OCH3 is 1. The fraction of sp³-hybridized carbons (Fsp3) is 0.438. The van der Waals surface area contributed by atoms with Gasteiger partial charge >= 0.3 is 0 Å². The van der Waals surface area contributed by atoms with E-state index < -0.39 is 10.0 Å². The standard InChI is InChI=1S/C16H21ClIN3O4S/c1-3-26(23,24)20-11-4-6-21(7-5-11)16(22)10-19-14-9-13(18)12(17)8-15(14)25-2/h3,8-9,11,19-20H,1,4-7,10H2,2H3. The molecule has 1 aliphatic heterocycles. The average molecular weight is 514 g/mol. The van der Waals surface area contributed by atoms with E-state index in [1.807, 2.05) is 6.07 Å². The van der Waals surface area contributed by atoms with Crippen molar-refractivity contribution in [3.63, 3.8) is 0 Å². The number of ether oxygens (including phenoxy) is 1. The first kappa shape index (κ1) is 21.3. The number of hydrogen-bond donors (Lipinski definition) is 2. The molecule has 1 amide bonds. The predicted molar refractivity (Wildman–Crippen MR) is 111 cm³/mol. The Balaban J connectivity index is 1.88. The molecule has 1 saturated heterocycles. The molecule has 1 heterocycles. The van der Waals surface area contributed by atoms with Gasteiger partial charge in [-0.3, -0.25) is 4.79 Å². The van der Waals surface area contributed by atoms with E-state index in [1.165, 1.54) is 0 Å². The highest BCUT2D eigenvalue weighted by Gasteiger charge is 2.25. The average Bonchev–Trinajstić information content (AvgIpc) is 2.62. The largest absolute Gasteiger partial charge is 0.495 e. The van der Waals surface area contributed by atoms with Gasteiger partial charge in [-0.15, -0.1) is 0 Å². The zero-order valence-corrected chi connectivity index (χ0v) is 18.0. The van der Waals surface area contributed by atoms with Gasteiger partial charge in [-0.1, -0.05) is 18.2 Å². The van der Waals surface area contributed by atoms with Gasteiger partial charge in [-0.05, 0) is 41.5 Å². The molecule has 1 aliphatic rings. The number of carbonyl (C=O) groups excluding carboxylic acids is 1. The third kappa shape index (κ3) is 5.73. The van der Waals surface area contributed by atoms with Gasteiger partial charge in [-0.2, -0.15) is 0 Å². The van der Waals surface area contributed by atoms with Crippen molar-refractivity contribution in [2.75, 3.05) is 32.1 Å². The maximum atomic E-state index is 12.4. The van der Waals surface area contributed by atoms with E-state index in [0.29, 0.717) is 42.4 Å². The molecule has 26 heavy (non-hydrogen) atoms. The van der Waals surface area contributed by atoms with Crippen LogP contribution in [0.1, 0.15) is 12.8 Å². The second-order valence-electron chi connectivity index (χ2n) is 5.80. The number of hydrogen-bond acceptors (Lipinski definition) is 5. The van der Waals surface area contributed by atoms with E-state index in [9.17, 15) is 13.2 Å². The minimum Gasteiger partial charge on any atom is -0.495 e. The van der Waals surface area contributed by atoms with Crippen LogP contribution < -0.4 is 14.8 Å². The summed E-state index contributed by atoms with van der Waals surface area (Å²) in [6, 6.07) is 3.35. The van der Waals surface area contributed by atoms with Gasteiger partial charge in [0.25, 0.3) is 0 Å². The number of amides is 1. The first-order valence-electron chi connectivity index (χ1n) is 7.95. The fourth-order valence-corrected chi connectivity index (χ4v) is 4.06. The highest BCUT2D eigenvalue weighted by Crippen LogP contribution is 2.32. The summed E-state index contributed by atoms with van der Waals surface area (Å²) < 4.78 is 31.7. The molecule has 2 N–H and O–H groups in total. The minimum atomic E-state index is -3.45. The molecule has 0 aliphatic carbocycles. The van der Waals surface area contributed by atoms with Crippen LogP contribution in [0.2, 0.25) is 5.02 Å². The summed E-state index contributed by atoms with van der Waals surface area (Å²) in [4.78, 5) is 14.1. The van der Waals surface area contributed by atoms with Crippen molar-refractivity contribution < 1.29 is 17.9 Å². The zero-order valence-electron chi connectivity index (χ0n) is 14.3. The van der Waals surface area contributed by atoms with Crippen LogP contribution in [0, 0.1) is 3.57 Å². The van der Waals surface area contributed by atoms with Gasteiger partial charge in [0.2, 0.25) is 15.9 Å². The van der Waals surface area contributed by atoms with Crippen molar-refractivity contribution in [2.24, 2.45) is 0 Å². The molecule has 7 nitrogen and oxygen atoms in total. The van der Waals surface area contributed by atoms with Crippen LogP contribution in [0.15, 0.2) is 24.1 Å². The summed E-state index contributed by atoms with van der Waals surface area (Å²) in [5.41, 5.74) is 0.697. The van der Waals surface area contributed by atoms with Crippen molar-refractivity contribution in [1.29, 1.82) is 0 Å². The lowest BCUT2D eigenvalue weighted by molar-refractivity contribution is -0.130. The molecule has 0 saturated carbocycles. The Bertz CT molecular complexity index is 780. The molecule has 0 atom stereocenters. The van der Waals surface area contributed by atoms with Crippen molar-refractivity contribution in [1.82, 2.24) is 9.62 Å². The first-order valence-corrected chi connectivity index (χ1v) is 11.0. The van der Waals surface area contributed by atoms with Crippen molar-refractivity contribution >= 4 is 55.8 Å². The van der Waals surface area contributed by atoms with E-state index in [0.717, 1.165) is 8.98 Å². The number of piperidine rings is 1. The normalized spacial score (nSPS) is 15.6. The first-order chi connectivity index (χ1) is 12.3. The quantitative estimate of drug-likeness (QED) is 0.547. The topological polar surface area (TPSA) is 87.7 Å². The Kier molecular flexibility index (Phi) is 7.56. The van der Waals surface area contributed by atoms with Gasteiger partial charge in [-0.25, -0.2) is 13.1 Å². The van der Waals surface area contributed by atoms with E-state index in [2.05, 4.69) is 39.2 Å². The van der Waals surface area contributed by atoms with Crippen molar-refractivity contribution in [3.05, 3.63) is 32.7 Å². The fourth-order valence-electron chi connectivity index (χ4n) is 2.65. The molecule has 0 bridgehead atoms. The molecule has 1 fully saturated rings. The Hall–Kier alpha value is -1.04. The summed E-state index contributed by atoms with van der Waals surface area (Å²) in [5.74, 6) is 0.516. The molecule has 0 unspecified atom stereocenters. The number of benzene rings is 1. The van der Waals surface area contributed by atoms with Gasteiger partial charge in [0, 0.05) is 34.2 Å². The lowest BCUT2D eigenvalue weighted by Crippen LogP contribution is -2.47. The number of nitrogens with zero attached hydrogens (tertiary/aromatic N) is 1. The number of sulfonamides is 1. The second-order valence-corrected chi connectivity index (χ2v) is 9.03. The molecular weight excluding hydrogens is 493 g/mol. The van der Waals surface area contributed by atoms with Crippen molar-refractivity contribution in [2.45, 2.75) is 18.9 Å². The Morgan fingerprint density at radius 1 is 1.46 bits per heavy atom. The maximum Gasteiger partial charge on any atom is 0.241 e. The summed E-state index contributed by atoms with van der Waals surface area (Å²) in [6.45, 7) is 4.40. The minimum absolute atomic E-state index is 0.0537. The Morgan fingerprint density at radius 3 is 2.69 bits per heavy atom.